The Labute approximate surface area is 87.7 Å². The van der Waals surface area contributed by atoms with Gasteiger partial charge in [-0.1, -0.05) is 30.4 Å². The summed E-state index contributed by atoms with van der Waals surface area (Å²) >= 11 is 0. The summed E-state index contributed by atoms with van der Waals surface area (Å²) in [5.41, 5.74) is 6.42. The molecule has 0 atom stereocenters. The summed E-state index contributed by atoms with van der Waals surface area (Å²) in [6.45, 7) is 14.4. The third-order valence-electron chi connectivity index (χ3n) is 2.80. The van der Waals surface area contributed by atoms with Gasteiger partial charge in [-0.3, -0.25) is 0 Å². The SMILES string of the molecule is C=C(C)/C(C)=C(\C(=C)C)C1=CCCC1. The lowest BCUT2D eigenvalue weighted by Gasteiger charge is -2.13. The molecule has 0 saturated carbocycles. The maximum absolute atomic E-state index is 4.06. The monoisotopic (exact) mass is 188 g/mol. The second-order valence-corrected chi connectivity index (χ2v) is 4.18. The first kappa shape index (κ1) is 11.0. The van der Waals surface area contributed by atoms with Crippen LogP contribution in [-0.4, -0.2) is 0 Å². The maximum Gasteiger partial charge on any atom is -0.0173 e. The molecule has 1 aliphatic rings. The highest BCUT2D eigenvalue weighted by Crippen LogP contribution is 2.32. The van der Waals surface area contributed by atoms with E-state index >= 15 is 0 Å². The van der Waals surface area contributed by atoms with Crippen molar-refractivity contribution in [2.75, 3.05) is 0 Å². The van der Waals surface area contributed by atoms with Crippen LogP contribution in [0.1, 0.15) is 40.0 Å². The van der Waals surface area contributed by atoms with Crippen LogP contribution in [-0.2, 0) is 0 Å². The third-order valence-corrected chi connectivity index (χ3v) is 2.80. The van der Waals surface area contributed by atoms with E-state index in [9.17, 15) is 0 Å². The molecule has 0 amide bonds. The van der Waals surface area contributed by atoms with Gasteiger partial charge in [-0.25, -0.2) is 0 Å². The highest BCUT2D eigenvalue weighted by atomic mass is 14.2. The van der Waals surface area contributed by atoms with Gasteiger partial charge in [-0.05, 0) is 56.8 Å². The Morgan fingerprint density at radius 1 is 1.14 bits per heavy atom. The van der Waals surface area contributed by atoms with Crippen LogP contribution in [0.2, 0.25) is 0 Å². The molecule has 0 aliphatic heterocycles. The smallest absolute Gasteiger partial charge is 0.0173 e. The van der Waals surface area contributed by atoms with E-state index in [-0.39, 0.29) is 0 Å². The minimum atomic E-state index is 1.15. The van der Waals surface area contributed by atoms with Crippen molar-refractivity contribution in [2.24, 2.45) is 0 Å². The first-order chi connectivity index (χ1) is 6.54. The quantitative estimate of drug-likeness (QED) is 0.569. The summed E-state index contributed by atoms with van der Waals surface area (Å²) in [4.78, 5) is 0. The van der Waals surface area contributed by atoms with Crippen molar-refractivity contribution in [1.29, 1.82) is 0 Å². The average Bonchev–Trinajstić information content (AvgIpc) is 2.56. The average molecular weight is 188 g/mol. The number of hydrogen-bond acceptors (Lipinski definition) is 0. The van der Waals surface area contributed by atoms with E-state index in [1.54, 1.807) is 0 Å². The van der Waals surface area contributed by atoms with Gasteiger partial charge in [0.05, 0.1) is 0 Å². The molecule has 0 radical (unpaired) electrons. The zero-order valence-electron chi connectivity index (χ0n) is 9.61. The molecule has 0 aromatic carbocycles. The van der Waals surface area contributed by atoms with Gasteiger partial charge in [0.25, 0.3) is 0 Å². The Bertz CT molecular complexity index is 324. The van der Waals surface area contributed by atoms with Gasteiger partial charge >= 0.3 is 0 Å². The van der Waals surface area contributed by atoms with Gasteiger partial charge in [-0.15, -0.1) is 0 Å². The molecule has 0 spiro atoms. The van der Waals surface area contributed by atoms with Crippen molar-refractivity contribution in [2.45, 2.75) is 40.0 Å². The minimum absolute atomic E-state index is 1.15. The predicted molar refractivity (Wildman–Crippen MR) is 64.3 cm³/mol. The van der Waals surface area contributed by atoms with Gasteiger partial charge in [0, 0.05) is 0 Å². The summed E-state index contributed by atoms with van der Waals surface area (Å²) in [5.74, 6) is 0. The molecule has 14 heavy (non-hydrogen) atoms. The zero-order valence-corrected chi connectivity index (χ0v) is 9.61. The molecule has 0 aromatic heterocycles. The maximum atomic E-state index is 4.06. The highest BCUT2D eigenvalue weighted by Gasteiger charge is 2.13. The van der Waals surface area contributed by atoms with Crippen molar-refractivity contribution in [3.63, 3.8) is 0 Å². The molecule has 1 rings (SSSR count). The molecule has 0 heteroatoms. The summed E-state index contributed by atoms with van der Waals surface area (Å²) in [6, 6.07) is 0. The molecular weight excluding hydrogens is 168 g/mol. The van der Waals surface area contributed by atoms with Crippen molar-refractivity contribution < 1.29 is 0 Å². The Morgan fingerprint density at radius 3 is 2.14 bits per heavy atom. The number of hydrogen-bond donors (Lipinski definition) is 0. The Hall–Kier alpha value is -1.04. The van der Waals surface area contributed by atoms with Gasteiger partial charge in [0.15, 0.2) is 0 Å². The highest BCUT2D eigenvalue weighted by molar-refractivity contribution is 5.52. The minimum Gasteiger partial charge on any atom is -0.0958 e. The second kappa shape index (κ2) is 4.45. The predicted octanol–water partition coefficient (Wildman–Crippen LogP) is 4.57. The molecule has 0 unspecified atom stereocenters. The van der Waals surface area contributed by atoms with Crippen LogP contribution >= 0.6 is 0 Å². The van der Waals surface area contributed by atoms with E-state index in [4.69, 9.17) is 0 Å². The lowest BCUT2D eigenvalue weighted by atomic mass is 9.92. The molecule has 0 saturated heterocycles. The fourth-order valence-corrected chi connectivity index (χ4v) is 1.95. The summed E-state index contributed by atoms with van der Waals surface area (Å²) in [6.07, 6.45) is 6.05. The van der Waals surface area contributed by atoms with E-state index in [1.807, 2.05) is 0 Å². The topological polar surface area (TPSA) is 0 Å². The van der Waals surface area contributed by atoms with Crippen molar-refractivity contribution >= 4 is 0 Å². The van der Waals surface area contributed by atoms with Gasteiger partial charge in [-0.2, -0.15) is 0 Å². The van der Waals surface area contributed by atoms with E-state index in [2.05, 4.69) is 40.0 Å². The lowest BCUT2D eigenvalue weighted by molar-refractivity contribution is 0.908. The fourth-order valence-electron chi connectivity index (χ4n) is 1.95. The molecule has 0 bridgehead atoms. The molecule has 0 N–H and O–H groups in total. The van der Waals surface area contributed by atoms with Crippen molar-refractivity contribution in [3.8, 4) is 0 Å². The normalized spacial score (nSPS) is 17.5. The molecular formula is C14H20. The van der Waals surface area contributed by atoms with Crippen LogP contribution in [0.4, 0.5) is 0 Å². The van der Waals surface area contributed by atoms with Gasteiger partial charge < -0.3 is 0 Å². The van der Waals surface area contributed by atoms with E-state index in [0.717, 1.165) is 5.57 Å². The first-order valence-corrected chi connectivity index (χ1v) is 5.26. The fraction of sp³-hybridized carbons (Fsp3) is 0.429. The largest absolute Gasteiger partial charge is 0.0958 e. The zero-order chi connectivity index (χ0) is 10.7. The molecule has 1 aliphatic carbocycles. The molecule has 76 valence electrons. The molecule has 0 nitrogen and oxygen atoms in total. The van der Waals surface area contributed by atoms with Crippen molar-refractivity contribution in [3.05, 3.63) is 47.1 Å². The standard InChI is InChI=1S/C14H20/c1-10(2)12(5)14(11(3)4)13-8-6-7-9-13/h8H,1,3,6-7,9H2,2,4-5H3/b14-12+. The first-order valence-electron chi connectivity index (χ1n) is 5.26. The summed E-state index contributed by atoms with van der Waals surface area (Å²) in [5, 5.41) is 0. The Morgan fingerprint density at radius 2 is 1.79 bits per heavy atom. The van der Waals surface area contributed by atoms with Crippen LogP contribution in [0.15, 0.2) is 47.1 Å². The van der Waals surface area contributed by atoms with E-state index < -0.39 is 0 Å². The lowest BCUT2D eigenvalue weighted by Crippen LogP contribution is -1.94. The number of allylic oxidation sites excluding steroid dienone is 6. The summed E-state index contributed by atoms with van der Waals surface area (Å²) < 4.78 is 0. The van der Waals surface area contributed by atoms with Gasteiger partial charge in [0.2, 0.25) is 0 Å². The molecule has 0 heterocycles. The van der Waals surface area contributed by atoms with E-state index in [1.165, 1.54) is 41.6 Å². The van der Waals surface area contributed by atoms with Crippen LogP contribution in [0, 0.1) is 0 Å². The Kier molecular flexibility index (Phi) is 3.51. The second-order valence-electron chi connectivity index (χ2n) is 4.18. The van der Waals surface area contributed by atoms with Crippen LogP contribution in [0.3, 0.4) is 0 Å². The number of rotatable bonds is 3. The van der Waals surface area contributed by atoms with E-state index in [0.29, 0.717) is 0 Å². The van der Waals surface area contributed by atoms with Crippen molar-refractivity contribution in [1.82, 2.24) is 0 Å². The Balaban J connectivity index is 3.12. The van der Waals surface area contributed by atoms with Crippen LogP contribution in [0.5, 0.6) is 0 Å². The van der Waals surface area contributed by atoms with Crippen LogP contribution < -0.4 is 0 Å². The van der Waals surface area contributed by atoms with Gasteiger partial charge in [0.1, 0.15) is 0 Å². The van der Waals surface area contributed by atoms with Crippen LogP contribution in [0.25, 0.3) is 0 Å². The molecule has 0 fully saturated rings. The third kappa shape index (κ3) is 2.25. The molecule has 0 aromatic rings. The summed E-state index contributed by atoms with van der Waals surface area (Å²) in [7, 11) is 0.